The highest BCUT2D eigenvalue weighted by atomic mass is 19.4. The third kappa shape index (κ3) is 4.56. The minimum atomic E-state index is -4.58. The van der Waals surface area contributed by atoms with Crippen molar-refractivity contribution in [3.63, 3.8) is 0 Å². The number of nitrogens with one attached hydrogen (secondary N) is 2. The van der Waals surface area contributed by atoms with E-state index in [4.69, 9.17) is 9.47 Å². The highest BCUT2D eigenvalue weighted by Gasteiger charge is 2.35. The molecule has 1 aromatic carbocycles. The van der Waals surface area contributed by atoms with Crippen LogP contribution in [0.3, 0.4) is 0 Å². The maximum Gasteiger partial charge on any atom is 0.421 e. The lowest BCUT2D eigenvalue weighted by molar-refractivity contribution is -0.137. The number of aryl methyl sites for hydroxylation is 1. The first-order chi connectivity index (χ1) is 14.2. The van der Waals surface area contributed by atoms with Gasteiger partial charge in [-0.2, -0.15) is 18.2 Å². The number of morpholine rings is 1. The number of carbonyl (C=O) groups excluding carboxylic acids is 1. The molecule has 2 aromatic rings. The van der Waals surface area contributed by atoms with E-state index in [1.54, 1.807) is 24.0 Å². The molecule has 162 valence electrons. The Morgan fingerprint density at radius 3 is 2.57 bits per heavy atom. The molecule has 3 rings (SSSR count). The van der Waals surface area contributed by atoms with Gasteiger partial charge in [0, 0.05) is 31.9 Å². The standard InChI is InChI=1S/C19H22F3N5O3/c1-11-8-14(25-18-24-10-13(19(20,21)22)16(23-2)26-18)15(29-3)9-12(11)17(28)27-4-6-30-7-5-27/h8-10H,4-7H2,1-3H3,(H2,23,24,25,26). The fourth-order valence-corrected chi connectivity index (χ4v) is 3.08. The second kappa shape index (κ2) is 8.74. The molecule has 1 aliphatic rings. The lowest BCUT2D eigenvalue weighted by Crippen LogP contribution is -2.40. The van der Waals surface area contributed by atoms with Gasteiger partial charge >= 0.3 is 6.18 Å². The van der Waals surface area contributed by atoms with Crippen molar-refractivity contribution < 1.29 is 27.4 Å². The summed E-state index contributed by atoms with van der Waals surface area (Å²) in [5, 5.41) is 5.29. The summed E-state index contributed by atoms with van der Waals surface area (Å²) in [5.74, 6) is -0.192. The highest BCUT2D eigenvalue weighted by Crippen LogP contribution is 2.35. The monoisotopic (exact) mass is 425 g/mol. The normalized spacial score (nSPS) is 14.4. The van der Waals surface area contributed by atoms with E-state index in [2.05, 4.69) is 20.6 Å². The summed E-state index contributed by atoms with van der Waals surface area (Å²) in [6, 6.07) is 3.27. The van der Waals surface area contributed by atoms with Gasteiger partial charge in [-0.05, 0) is 24.6 Å². The Balaban J connectivity index is 1.90. The number of hydrogen-bond acceptors (Lipinski definition) is 7. The second-order valence-electron chi connectivity index (χ2n) is 6.60. The molecular weight excluding hydrogens is 403 g/mol. The maximum absolute atomic E-state index is 13.0. The highest BCUT2D eigenvalue weighted by molar-refractivity contribution is 5.97. The Kier molecular flexibility index (Phi) is 6.30. The number of benzene rings is 1. The molecule has 11 heteroatoms. The van der Waals surface area contributed by atoms with Crippen LogP contribution in [0.2, 0.25) is 0 Å². The van der Waals surface area contributed by atoms with Gasteiger partial charge in [0.05, 0.1) is 26.0 Å². The molecular formula is C19H22F3N5O3. The number of aromatic nitrogens is 2. The minimum Gasteiger partial charge on any atom is -0.495 e. The molecule has 2 N–H and O–H groups in total. The summed E-state index contributed by atoms with van der Waals surface area (Å²) in [5.41, 5.74) is 0.611. The van der Waals surface area contributed by atoms with Crippen molar-refractivity contribution >= 4 is 23.4 Å². The molecule has 1 aromatic heterocycles. The molecule has 1 aliphatic heterocycles. The van der Waals surface area contributed by atoms with Crippen LogP contribution in [0.25, 0.3) is 0 Å². The molecule has 0 saturated carbocycles. The van der Waals surface area contributed by atoms with Crippen LogP contribution in [0, 0.1) is 6.92 Å². The van der Waals surface area contributed by atoms with Crippen molar-refractivity contribution in [2.45, 2.75) is 13.1 Å². The van der Waals surface area contributed by atoms with Gasteiger partial charge in [-0.25, -0.2) is 4.98 Å². The van der Waals surface area contributed by atoms with E-state index in [1.807, 2.05) is 0 Å². The summed E-state index contributed by atoms with van der Waals surface area (Å²) < 4.78 is 49.8. The summed E-state index contributed by atoms with van der Waals surface area (Å²) in [4.78, 5) is 22.2. The molecule has 0 unspecified atom stereocenters. The van der Waals surface area contributed by atoms with Crippen molar-refractivity contribution in [1.82, 2.24) is 14.9 Å². The molecule has 8 nitrogen and oxygen atoms in total. The molecule has 0 bridgehead atoms. The lowest BCUT2D eigenvalue weighted by atomic mass is 10.1. The Morgan fingerprint density at radius 1 is 1.27 bits per heavy atom. The van der Waals surface area contributed by atoms with Crippen LogP contribution < -0.4 is 15.4 Å². The van der Waals surface area contributed by atoms with Crippen LogP contribution in [0.5, 0.6) is 5.75 Å². The average Bonchev–Trinajstić information content (AvgIpc) is 2.73. The van der Waals surface area contributed by atoms with Gasteiger partial charge in [0.15, 0.2) is 0 Å². The number of halogens is 3. The number of rotatable bonds is 5. The number of anilines is 3. The van der Waals surface area contributed by atoms with Crippen LogP contribution in [0.4, 0.5) is 30.6 Å². The van der Waals surface area contributed by atoms with E-state index in [0.717, 1.165) is 0 Å². The van der Waals surface area contributed by atoms with Crippen molar-refractivity contribution in [2.75, 3.05) is 51.1 Å². The summed E-state index contributed by atoms with van der Waals surface area (Å²) in [7, 11) is 2.78. The zero-order chi connectivity index (χ0) is 21.9. The first-order valence-corrected chi connectivity index (χ1v) is 9.19. The minimum absolute atomic E-state index is 0.0442. The maximum atomic E-state index is 13.0. The molecule has 0 atom stereocenters. The van der Waals surface area contributed by atoms with Gasteiger partial charge in [0.1, 0.15) is 17.1 Å². The number of carbonyl (C=O) groups is 1. The number of hydrogen-bond donors (Lipinski definition) is 2. The molecule has 1 saturated heterocycles. The van der Waals surface area contributed by atoms with Crippen LogP contribution in [0.1, 0.15) is 21.5 Å². The Morgan fingerprint density at radius 2 is 1.97 bits per heavy atom. The van der Waals surface area contributed by atoms with Gasteiger partial charge in [-0.3, -0.25) is 4.79 Å². The van der Waals surface area contributed by atoms with E-state index in [-0.39, 0.29) is 17.7 Å². The van der Waals surface area contributed by atoms with Crippen molar-refractivity contribution in [2.24, 2.45) is 0 Å². The largest absolute Gasteiger partial charge is 0.495 e. The fraction of sp³-hybridized carbons (Fsp3) is 0.421. The number of methoxy groups -OCH3 is 1. The summed E-state index contributed by atoms with van der Waals surface area (Å²) >= 11 is 0. The molecule has 0 aliphatic carbocycles. The SMILES string of the molecule is CNc1nc(Nc2cc(C)c(C(=O)N3CCOCC3)cc2OC)ncc1C(F)(F)F. The summed E-state index contributed by atoms with van der Waals surface area (Å²) in [6.07, 6.45) is -3.87. The van der Waals surface area contributed by atoms with E-state index < -0.39 is 11.7 Å². The zero-order valence-electron chi connectivity index (χ0n) is 16.8. The molecule has 1 amide bonds. The topological polar surface area (TPSA) is 88.6 Å². The second-order valence-corrected chi connectivity index (χ2v) is 6.60. The molecule has 2 heterocycles. The van der Waals surface area contributed by atoms with Crippen LogP contribution >= 0.6 is 0 Å². The number of ether oxygens (including phenoxy) is 2. The van der Waals surface area contributed by atoms with Gasteiger partial charge in [-0.15, -0.1) is 0 Å². The van der Waals surface area contributed by atoms with E-state index in [9.17, 15) is 18.0 Å². The van der Waals surface area contributed by atoms with E-state index in [1.165, 1.54) is 14.2 Å². The molecule has 1 fully saturated rings. The predicted molar refractivity (Wildman–Crippen MR) is 104 cm³/mol. The smallest absolute Gasteiger partial charge is 0.421 e. The fourth-order valence-electron chi connectivity index (χ4n) is 3.08. The average molecular weight is 425 g/mol. The lowest BCUT2D eigenvalue weighted by Gasteiger charge is -2.27. The van der Waals surface area contributed by atoms with Gasteiger partial charge in [0.25, 0.3) is 5.91 Å². The van der Waals surface area contributed by atoms with E-state index >= 15 is 0 Å². The van der Waals surface area contributed by atoms with Gasteiger partial charge in [-0.1, -0.05) is 0 Å². The van der Waals surface area contributed by atoms with Crippen molar-refractivity contribution in [3.05, 3.63) is 35.0 Å². The zero-order valence-corrected chi connectivity index (χ0v) is 16.8. The third-order valence-electron chi connectivity index (χ3n) is 4.65. The molecule has 0 spiro atoms. The predicted octanol–water partition coefficient (Wildman–Crippen LogP) is 3.07. The first kappa shape index (κ1) is 21.6. The number of nitrogens with zero attached hydrogens (tertiary/aromatic N) is 3. The molecule has 0 radical (unpaired) electrons. The summed E-state index contributed by atoms with van der Waals surface area (Å²) in [6.45, 7) is 3.76. The Labute approximate surface area is 171 Å². The van der Waals surface area contributed by atoms with E-state index in [0.29, 0.717) is 55.1 Å². The van der Waals surface area contributed by atoms with Crippen LogP contribution in [-0.2, 0) is 10.9 Å². The van der Waals surface area contributed by atoms with Crippen LogP contribution in [0.15, 0.2) is 18.3 Å². The molecule has 30 heavy (non-hydrogen) atoms. The Hall–Kier alpha value is -3.08. The van der Waals surface area contributed by atoms with Crippen LogP contribution in [-0.4, -0.2) is 61.2 Å². The quantitative estimate of drug-likeness (QED) is 0.761. The van der Waals surface area contributed by atoms with Gasteiger partial charge in [0.2, 0.25) is 5.95 Å². The first-order valence-electron chi connectivity index (χ1n) is 9.19. The van der Waals surface area contributed by atoms with Crippen molar-refractivity contribution in [3.8, 4) is 5.75 Å². The number of alkyl halides is 3. The third-order valence-corrected chi connectivity index (χ3v) is 4.65. The van der Waals surface area contributed by atoms with Crippen molar-refractivity contribution in [1.29, 1.82) is 0 Å². The number of amides is 1. The Bertz CT molecular complexity index is 930. The van der Waals surface area contributed by atoms with Gasteiger partial charge < -0.3 is 25.0 Å².